The lowest BCUT2D eigenvalue weighted by Crippen LogP contribution is -2.44. The van der Waals surface area contributed by atoms with Crippen LogP contribution in [0, 0.1) is 0 Å². The number of nitrogens with zero attached hydrogens (tertiary/aromatic N) is 1. The maximum atomic E-state index is 13.0. The summed E-state index contributed by atoms with van der Waals surface area (Å²) in [5.74, 6) is 1.82. The quantitative estimate of drug-likeness (QED) is 0.875. The third kappa shape index (κ3) is 2.30. The molecule has 0 aliphatic carbocycles. The van der Waals surface area contributed by atoms with Crippen LogP contribution in [-0.2, 0) is 11.3 Å². The minimum absolute atomic E-state index is 0.133. The number of carbonyl (C=O) groups is 2. The molecule has 2 aromatic rings. The molecule has 0 saturated carbocycles. The molecule has 2 N–H and O–H groups in total. The van der Waals surface area contributed by atoms with Gasteiger partial charge in [0, 0.05) is 0 Å². The van der Waals surface area contributed by atoms with Gasteiger partial charge >= 0.3 is 6.03 Å². The summed E-state index contributed by atoms with van der Waals surface area (Å²) < 4.78 is 16.1. The summed E-state index contributed by atoms with van der Waals surface area (Å²) in [6, 6.07) is 8.13. The van der Waals surface area contributed by atoms with Crippen molar-refractivity contribution in [3.05, 3.63) is 59.2 Å². The molecule has 4 heterocycles. The Morgan fingerprint density at radius 3 is 2.88 bits per heavy atom. The molecule has 8 heteroatoms. The van der Waals surface area contributed by atoms with Crippen LogP contribution in [0.25, 0.3) is 0 Å². The molecular weight excluding hydrogens is 338 g/mol. The number of hydrogen-bond donors (Lipinski definition) is 2. The van der Waals surface area contributed by atoms with Gasteiger partial charge in [0.2, 0.25) is 6.79 Å². The van der Waals surface area contributed by atoms with Gasteiger partial charge in [0.1, 0.15) is 5.76 Å². The van der Waals surface area contributed by atoms with E-state index in [1.54, 1.807) is 29.4 Å². The maximum Gasteiger partial charge on any atom is 0.319 e. The number of ether oxygens (including phenoxy) is 2. The number of furan rings is 1. The summed E-state index contributed by atoms with van der Waals surface area (Å²) >= 11 is 0. The molecule has 1 aromatic heterocycles. The zero-order valence-corrected chi connectivity index (χ0v) is 13.7. The van der Waals surface area contributed by atoms with Gasteiger partial charge in [-0.3, -0.25) is 4.79 Å². The van der Waals surface area contributed by atoms with Crippen LogP contribution >= 0.6 is 0 Å². The molecule has 5 rings (SSSR count). The van der Waals surface area contributed by atoms with Crippen LogP contribution in [0.15, 0.2) is 52.3 Å². The number of urea groups is 1. The lowest BCUT2D eigenvalue weighted by molar-refractivity contribution is -0.126. The van der Waals surface area contributed by atoms with Gasteiger partial charge in [-0.25, -0.2) is 4.79 Å². The van der Waals surface area contributed by atoms with Gasteiger partial charge in [-0.15, -0.1) is 0 Å². The third-order valence-corrected chi connectivity index (χ3v) is 4.68. The Balaban J connectivity index is 1.47. The molecule has 0 saturated heterocycles. The molecule has 132 valence electrons. The second-order valence-corrected chi connectivity index (χ2v) is 6.28. The number of carbonyl (C=O) groups excluding carboxylic acids is 2. The average Bonchev–Trinajstić information content (AvgIpc) is 3.35. The highest BCUT2D eigenvalue weighted by atomic mass is 16.7. The summed E-state index contributed by atoms with van der Waals surface area (Å²) in [6.07, 6.45) is 1.57. The molecule has 26 heavy (non-hydrogen) atoms. The van der Waals surface area contributed by atoms with Crippen LogP contribution in [0.3, 0.4) is 0 Å². The predicted octanol–water partition coefficient (Wildman–Crippen LogP) is 1.66. The van der Waals surface area contributed by atoms with E-state index in [1.165, 1.54) is 0 Å². The monoisotopic (exact) mass is 353 g/mol. The molecule has 0 spiro atoms. The number of amides is 3. The standard InChI is InChI=1S/C18H15N3O5/c22-17-15-12(8-21(17)7-11-2-1-5-24-11)19-18(23)20-16(15)10-3-4-13-14(6-10)26-9-25-13/h1-6,16H,7-9H2,(H2,19,20,23)/t16-/m0/s1. The predicted molar refractivity (Wildman–Crippen MR) is 88.1 cm³/mol. The molecule has 1 aromatic carbocycles. The van der Waals surface area contributed by atoms with Crippen LogP contribution in [-0.4, -0.2) is 30.2 Å². The number of nitrogens with one attached hydrogen (secondary N) is 2. The van der Waals surface area contributed by atoms with E-state index in [4.69, 9.17) is 13.9 Å². The number of rotatable bonds is 3. The molecular formula is C18H15N3O5. The van der Waals surface area contributed by atoms with Crippen molar-refractivity contribution in [2.75, 3.05) is 13.3 Å². The summed E-state index contributed by atoms with van der Waals surface area (Å²) in [6.45, 7) is 0.854. The Morgan fingerprint density at radius 1 is 1.15 bits per heavy atom. The normalized spacial score (nSPS) is 20.9. The number of benzene rings is 1. The minimum atomic E-state index is -0.539. The van der Waals surface area contributed by atoms with Crippen LogP contribution < -0.4 is 20.1 Å². The highest BCUT2D eigenvalue weighted by molar-refractivity contribution is 6.01. The molecule has 0 fully saturated rings. The van der Waals surface area contributed by atoms with E-state index in [-0.39, 0.29) is 18.7 Å². The van der Waals surface area contributed by atoms with Crippen LogP contribution in [0.5, 0.6) is 11.5 Å². The summed E-state index contributed by atoms with van der Waals surface area (Å²) in [4.78, 5) is 26.7. The minimum Gasteiger partial charge on any atom is -0.467 e. The topological polar surface area (TPSA) is 93.0 Å². The number of hydrogen-bond acceptors (Lipinski definition) is 5. The van der Waals surface area contributed by atoms with Gasteiger partial charge in [-0.2, -0.15) is 0 Å². The molecule has 3 aliphatic rings. The van der Waals surface area contributed by atoms with Gasteiger partial charge in [0.15, 0.2) is 11.5 Å². The first-order valence-corrected chi connectivity index (χ1v) is 8.21. The summed E-state index contributed by atoms with van der Waals surface area (Å²) in [5.41, 5.74) is 1.92. The largest absolute Gasteiger partial charge is 0.467 e. The fourth-order valence-electron chi connectivity index (χ4n) is 3.49. The molecule has 0 unspecified atom stereocenters. The molecule has 0 radical (unpaired) electrons. The fraction of sp³-hybridized carbons (Fsp3) is 0.222. The van der Waals surface area contributed by atoms with E-state index in [0.717, 1.165) is 5.56 Å². The van der Waals surface area contributed by atoms with Crippen molar-refractivity contribution in [3.63, 3.8) is 0 Å². The van der Waals surface area contributed by atoms with Crippen molar-refractivity contribution in [1.82, 2.24) is 15.5 Å². The van der Waals surface area contributed by atoms with Crippen molar-refractivity contribution in [3.8, 4) is 11.5 Å². The molecule has 8 nitrogen and oxygen atoms in total. The molecule has 0 bridgehead atoms. The van der Waals surface area contributed by atoms with E-state index in [0.29, 0.717) is 41.6 Å². The first-order chi connectivity index (χ1) is 12.7. The van der Waals surface area contributed by atoms with Crippen LogP contribution in [0.2, 0.25) is 0 Å². The van der Waals surface area contributed by atoms with Crippen LogP contribution in [0.4, 0.5) is 4.79 Å². The lowest BCUT2D eigenvalue weighted by atomic mass is 9.96. The third-order valence-electron chi connectivity index (χ3n) is 4.68. The lowest BCUT2D eigenvalue weighted by Gasteiger charge is -2.25. The fourth-order valence-corrected chi connectivity index (χ4v) is 3.49. The van der Waals surface area contributed by atoms with E-state index < -0.39 is 6.04 Å². The highest BCUT2D eigenvalue weighted by Crippen LogP contribution is 2.38. The maximum absolute atomic E-state index is 13.0. The van der Waals surface area contributed by atoms with E-state index in [9.17, 15) is 9.59 Å². The zero-order chi connectivity index (χ0) is 17.7. The van der Waals surface area contributed by atoms with E-state index in [2.05, 4.69) is 10.6 Å². The highest BCUT2D eigenvalue weighted by Gasteiger charge is 2.40. The Bertz CT molecular complexity index is 934. The first kappa shape index (κ1) is 14.9. The smallest absolute Gasteiger partial charge is 0.319 e. The Hall–Kier alpha value is -3.42. The second-order valence-electron chi connectivity index (χ2n) is 6.28. The average molecular weight is 353 g/mol. The van der Waals surface area contributed by atoms with Gasteiger partial charge in [-0.1, -0.05) is 6.07 Å². The van der Waals surface area contributed by atoms with Crippen LogP contribution in [0.1, 0.15) is 17.4 Å². The van der Waals surface area contributed by atoms with Gasteiger partial charge in [-0.05, 0) is 29.8 Å². The van der Waals surface area contributed by atoms with Gasteiger partial charge in [0.25, 0.3) is 5.91 Å². The Kier molecular flexibility index (Phi) is 3.18. The van der Waals surface area contributed by atoms with E-state index >= 15 is 0 Å². The molecule has 1 atom stereocenters. The molecule has 3 aliphatic heterocycles. The Labute approximate surface area is 148 Å². The van der Waals surface area contributed by atoms with Gasteiger partial charge in [0.05, 0.1) is 36.7 Å². The summed E-state index contributed by atoms with van der Waals surface area (Å²) in [5, 5.41) is 5.58. The first-order valence-electron chi connectivity index (χ1n) is 8.21. The van der Waals surface area contributed by atoms with Crippen molar-refractivity contribution < 1.29 is 23.5 Å². The Morgan fingerprint density at radius 2 is 2.04 bits per heavy atom. The van der Waals surface area contributed by atoms with Crippen molar-refractivity contribution in [1.29, 1.82) is 0 Å². The van der Waals surface area contributed by atoms with Crippen molar-refractivity contribution in [2.24, 2.45) is 0 Å². The summed E-state index contributed by atoms with van der Waals surface area (Å²) in [7, 11) is 0. The SMILES string of the molecule is O=C1NC2=C(C(=O)N(Cc3ccco3)C2)[C@H](c2ccc3c(c2)OCO3)N1. The number of fused-ring (bicyclic) bond motifs is 1. The van der Waals surface area contributed by atoms with Crippen molar-refractivity contribution in [2.45, 2.75) is 12.6 Å². The zero-order valence-electron chi connectivity index (χ0n) is 13.7. The molecule has 3 amide bonds. The second kappa shape index (κ2) is 5.55. The van der Waals surface area contributed by atoms with Gasteiger partial charge < -0.3 is 29.4 Å². The van der Waals surface area contributed by atoms with Crippen molar-refractivity contribution >= 4 is 11.9 Å². The van der Waals surface area contributed by atoms with E-state index in [1.807, 2.05) is 12.1 Å².